The largest absolute Gasteiger partial charge is 0.463 e. The van der Waals surface area contributed by atoms with E-state index < -0.39 is 36.4 Å². The zero-order chi connectivity index (χ0) is 26.6. The van der Waals surface area contributed by atoms with Crippen molar-refractivity contribution in [1.82, 2.24) is 10.6 Å². The predicted octanol–water partition coefficient (Wildman–Crippen LogP) is 1.43. The molecule has 0 fully saturated rings. The number of carbonyl (C=O) groups excluding carboxylic acids is 4. The van der Waals surface area contributed by atoms with E-state index >= 15 is 0 Å². The van der Waals surface area contributed by atoms with Crippen LogP contribution in [-0.2, 0) is 40.0 Å². The first-order valence-electron chi connectivity index (χ1n) is 11.7. The van der Waals surface area contributed by atoms with Crippen molar-refractivity contribution in [2.24, 2.45) is 5.92 Å². The average Bonchev–Trinajstić information content (AvgIpc) is 2.88. The summed E-state index contributed by atoms with van der Waals surface area (Å²) in [5.41, 5.74) is 0.753. The lowest BCUT2D eigenvalue weighted by Gasteiger charge is -2.21. The van der Waals surface area contributed by atoms with Crippen molar-refractivity contribution >= 4 is 23.8 Å². The van der Waals surface area contributed by atoms with E-state index in [-0.39, 0.29) is 58.1 Å². The number of amides is 2. The van der Waals surface area contributed by atoms with Gasteiger partial charge in [-0.3, -0.25) is 14.4 Å². The van der Waals surface area contributed by atoms with Gasteiger partial charge in [0.05, 0.1) is 25.7 Å². The molecule has 0 aliphatic carbocycles. The summed E-state index contributed by atoms with van der Waals surface area (Å²) in [7, 11) is 0. The fraction of sp³-hybridized carbons (Fsp3) is 0.462. The van der Waals surface area contributed by atoms with E-state index in [9.17, 15) is 19.2 Å². The molecular weight excluding hydrogens is 468 g/mol. The van der Waals surface area contributed by atoms with Crippen LogP contribution in [0.5, 0.6) is 0 Å². The number of esters is 2. The number of ether oxygens (including phenoxy) is 3. The minimum absolute atomic E-state index is 0.0205. The van der Waals surface area contributed by atoms with Crippen molar-refractivity contribution in [1.29, 1.82) is 0 Å². The van der Waals surface area contributed by atoms with Crippen LogP contribution in [-0.4, -0.2) is 67.9 Å². The summed E-state index contributed by atoms with van der Waals surface area (Å²) in [4.78, 5) is 49.8. The van der Waals surface area contributed by atoms with Crippen LogP contribution >= 0.6 is 0 Å². The van der Waals surface area contributed by atoms with Gasteiger partial charge in [0.25, 0.3) is 0 Å². The lowest BCUT2D eigenvalue weighted by molar-refractivity contribution is -0.155. The number of aliphatic hydroxyl groups excluding tert-OH is 1. The zero-order valence-corrected chi connectivity index (χ0v) is 20.5. The van der Waals surface area contributed by atoms with Crippen LogP contribution < -0.4 is 10.6 Å². The lowest BCUT2D eigenvalue weighted by atomic mass is 9.99. The molecular formula is C26H36N2O8. The molecule has 2 atom stereocenters. The van der Waals surface area contributed by atoms with Gasteiger partial charge in [-0.2, -0.15) is 0 Å². The molecule has 0 aromatic heterocycles. The summed E-state index contributed by atoms with van der Waals surface area (Å²) >= 11 is 0. The van der Waals surface area contributed by atoms with Gasteiger partial charge in [0, 0.05) is 19.4 Å². The minimum atomic E-state index is -1.25. The maximum Gasteiger partial charge on any atom is 0.332 e. The van der Waals surface area contributed by atoms with Crippen LogP contribution in [0.15, 0.2) is 55.6 Å². The maximum atomic E-state index is 12.9. The van der Waals surface area contributed by atoms with Crippen LogP contribution in [0, 0.1) is 5.92 Å². The van der Waals surface area contributed by atoms with E-state index in [1.807, 2.05) is 6.07 Å². The molecule has 10 heteroatoms. The first-order chi connectivity index (χ1) is 17.4. The highest BCUT2D eigenvalue weighted by Gasteiger charge is 2.28. The normalized spacial score (nSPS) is 12.0. The quantitative estimate of drug-likeness (QED) is 0.146. The summed E-state index contributed by atoms with van der Waals surface area (Å²) in [5, 5.41) is 13.9. The Kier molecular flexibility index (Phi) is 15.9. The van der Waals surface area contributed by atoms with E-state index in [1.54, 1.807) is 30.3 Å². The Hall–Kier alpha value is -3.50. The van der Waals surface area contributed by atoms with Crippen molar-refractivity contribution in [2.75, 3.05) is 33.0 Å². The smallest absolute Gasteiger partial charge is 0.332 e. The molecule has 0 aliphatic rings. The summed E-state index contributed by atoms with van der Waals surface area (Å²) in [5.74, 6) is -3.09. The van der Waals surface area contributed by atoms with E-state index in [2.05, 4.69) is 23.8 Å². The Labute approximate surface area is 211 Å². The molecule has 36 heavy (non-hydrogen) atoms. The molecule has 10 nitrogen and oxygen atoms in total. The molecule has 0 heterocycles. The van der Waals surface area contributed by atoms with Gasteiger partial charge in [-0.05, 0) is 18.4 Å². The second-order valence-electron chi connectivity index (χ2n) is 7.78. The molecule has 1 aromatic carbocycles. The highest BCUT2D eigenvalue weighted by Crippen LogP contribution is 2.11. The number of benzene rings is 1. The molecule has 0 saturated carbocycles. The Morgan fingerprint density at radius 1 is 1.03 bits per heavy atom. The number of nitrogens with one attached hydrogen (secondary N) is 2. The molecule has 0 aliphatic heterocycles. The standard InChI is InChI=1S/C26H36N2O8/c1-3-5-12-24(31)35-19-22(26(33)36-18-20-10-7-6-8-11-20)28-25(32)21(9-4-2)17-23(30)27-13-15-34-16-14-29/h3-4,6-8,10-11,21-22,29H,1-2,5,9,12-19H2,(H,27,30)(H,28,32)/t21-,22-/m1/s1. The van der Waals surface area contributed by atoms with E-state index in [4.69, 9.17) is 19.3 Å². The van der Waals surface area contributed by atoms with Crippen molar-refractivity contribution in [3.05, 3.63) is 61.2 Å². The predicted molar refractivity (Wildman–Crippen MR) is 132 cm³/mol. The number of aliphatic hydroxyl groups is 1. The first-order valence-corrected chi connectivity index (χ1v) is 11.7. The summed E-state index contributed by atoms with van der Waals surface area (Å²) in [6.07, 6.45) is 3.60. The highest BCUT2D eigenvalue weighted by molar-refractivity contribution is 5.89. The monoisotopic (exact) mass is 504 g/mol. The fourth-order valence-electron chi connectivity index (χ4n) is 2.97. The van der Waals surface area contributed by atoms with Crippen LogP contribution in [0.3, 0.4) is 0 Å². The molecule has 198 valence electrons. The van der Waals surface area contributed by atoms with E-state index in [0.717, 1.165) is 5.56 Å². The Bertz CT molecular complexity index is 844. The molecule has 2 amide bonds. The lowest BCUT2D eigenvalue weighted by Crippen LogP contribution is -2.48. The fourth-order valence-corrected chi connectivity index (χ4v) is 2.97. The molecule has 0 radical (unpaired) electrons. The molecule has 0 bridgehead atoms. The number of carbonyl (C=O) groups is 4. The Morgan fingerprint density at radius 3 is 2.44 bits per heavy atom. The zero-order valence-electron chi connectivity index (χ0n) is 20.5. The third kappa shape index (κ3) is 13.4. The summed E-state index contributed by atoms with van der Waals surface area (Å²) in [6.45, 7) is 7.22. The number of hydrogen-bond acceptors (Lipinski definition) is 8. The Morgan fingerprint density at radius 2 is 1.78 bits per heavy atom. The van der Waals surface area contributed by atoms with Gasteiger partial charge in [0.2, 0.25) is 11.8 Å². The number of rotatable bonds is 19. The number of hydrogen-bond donors (Lipinski definition) is 3. The first kappa shape index (κ1) is 30.5. The van der Waals surface area contributed by atoms with Crippen molar-refractivity contribution < 1.29 is 38.5 Å². The molecule has 1 aromatic rings. The second-order valence-corrected chi connectivity index (χ2v) is 7.78. The highest BCUT2D eigenvalue weighted by atomic mass is 16.6. The molecule has 0 saturated heterocycles. The van der Waals surface area contributed by atoms with Gasteiger partial charge in [0.15, 0.2) is 6.04 Å². The van der Waals surface area contributed by atoms with Gasteiger partial charge in [-0.15, -0.1) is 13.2 Å². The van der Waals surface area contributed by atoms with Gasteiger partial charge >= 0.3 is 11.9 Å². The third-order valence-electron chi connectivity index (χ3n) is 4.85. The van der Waals surface area contributed by atoms with Gasteiger partial charge in [-0.1, -0.05) is 42.5 Å². The minimum Gasteiger partial charge on any atom is -0.463 e. The van der Waals surface area contributed by atoms with Gasteiger partial charge < -0.3 is 30.0 Å². The van der Waals surface area contributed by atoms with Crippen molar-refractivity contribution in [3.63, 3.8) is 0 Å². The molecule has 3 N–H and O–H groups in total. The van der Waals surface area contributed by atoms with Crippen LogP contribution in [0.25, 0.3) is 0 Å². The average molecular weight is 505 g/mol. The maximum absolute atomic E-state index is 12.9. The second kappa shape index (κ2) is 18.8. The van der Waals surface area contributed by atoms with E-state index in [1.165, 1.54) is 6.08 Å². The third-order valence-corrected chi connectivity index (χ3v) is 4.85. The molecule has 1 rings (SSSR count). The van der Waals surface area contributed by atoms with Crippen LogP contribution in [0.1, 0.15) is 31.2 Å². The molecule has 0 spiro atoms. The summed E-state index contributed by atoms with van der Waals surface area (Å²) in [6, 6.07) is 7.74. The van der Waals surface area contributed by atoms with Gasteiger partial charge in [-0.25, -0.2) is 4.79 Å². The topological polar surface area (TPSA) is 140 Å². The summed E-state index contributed by atoms with van der Waals surface area (Å²) < 4.78 is 15.6. The Balaban J connectivity index is 2.76. The van der Waals surface area contributed by atoms with Crippen LogP contribution in [0.4, 0.5) is 0 Å². The SMILES string of the molecule is C=CCCC(=O)OC[C@@H](NC(=O)[C@H](CC=C)CC(=O)NCCOCCO)C(=O)OCc1ccccc1. The van der Waals surface area contributed by atoms with Crippen molar-refractivity contribution in [2.45, 2.75) is 38.3 Å². The number of allylic oxidation sites excluding steroid dienone is 2. The molecule has 0 unspecified atom stereocenters. The van der Waals surface area contributed by atoms with E-state index in [0.29, 0.717) is 6.42 Å². The van der Waals surface area contributed by atoms with Crippen LogP contribution in [0.2, 0.25) is 0 Å². The van der Waals surface area contributed by atoms with Gasteiger partial charge in [0.1, 0.15) is 13.2 Å². The van der Waals surface area contributed by atoms with Crippen molar-refractivity contribution in [3.8, 4) is 0 Å².